The zero-order chi connectivity index (χ0) is 12.8. The average molecular weight is 241 g/mol. The lowest BCUT2D eigenvalue weighted by Gasteiger charge is -2.12. The van der Waals surface area contributed by atoms with Crippen molar-refractivity contribution in [1.82, 2.24) is 5.32 Å². The Labute approximate surface area is 110 Å². The molecule has 0 fully saturated rings. The summed E-state index contributed by atoms with van der Waals surface area (Å²) in [4.78, 5) is 0. The predicted molar refractivity (Wildman–Crippen MR) is 80.0 cm³/mol. The number of rotatable bonds is 6. The summed E-state index contributed by atoms with van der Waals surface area (Å²) in [6.07, 6.45) is 2.43. The third kappa shape index (κ3) is 3.33. The van der Waals surface area contributed by atoms with Crippen LogP contribution in [-0.4, -0.2) is 13.1 Å². The fourth-order valence-electron chi connectivity index (χ4n) is 2.41. The van der Waals surface area contributed by atoms with Crippen LogP contribution in [0.15, 0.2) is 42.5 Å². The van der Waals surface area contributed by atoms with Crippen LogP contribution in [0.5, 0.6) is 0 Å². The Morgan fingerprint density at radius 2 is 1.83 bits per heavy atom. The highest BCUT2D eigenvalue weighted by Gasteiger charge is 2.04. The predicted octanol–water partition coefficient (Wildman–Crippen LogP) is 4.02. The Kier molecular flexibility index (Phi) is 4.77. The maximum atomic E-state index is 3.42. The first kappa shape index (κ1) is 13.1. The summed E-state index contributed by atoms with van der Waals surface area (Å²) in [5.41, 5.74) is 1.48. The molecule has 0 aromatic heterocycles. The molecule has 1 N–H and O–H groups in total. The van der Waals surface area contributed by atoms with Crippen LogP contribution in [0.3, 0.4) is 0 Å². The summed E-state index contributed by atoms with van der Waals surface area (Å²) in [5.74, 6) is 0.740. The van der Waals surface area contributed by atoms with Crippen molar-refractivity contribution in [3.8, 4) is 0 Å². The van der Waals surface area contributed by atoms with Crippen LogP contribution >= 0.6 is 0 Å². The van der Waals surface area contributed by atoms with Gasteiger partial charge < -0.3 is 5.32 Å². The normalized spacial score (nSPS) is 12.8. The van der Waals surface area contributed by atoms with Gasteiger partial charge in [-0.15, -0.1) is 0 Å². The van der Waals surface area contributed by atoms with Gasteiger partial charge in [0.25, 0.3) is 0 Å². The SMILES string of the molecule is CCNCC(C)CCc1cccc2ccccc12. The van der Waals surface area contributed by atoms with Gasteiger partial charge in [-0.25, -0.2) is 0 Å². The monoisotopic (exact) mass is 241 g/mol. The van der Waals surface area contributed by atoms with E-state index in [-0.39, 0.29) is 0 Å². The summed E-state index contributed by atoms with van der Waals surface area (Å²) >= 11 is 0. The van der Waals surface area contributed by atoms with E-state index in [4.69, 9.17) is 0 Å². The van der Waals surface area contributed by atoms with Crippen molar-refractivity contribution in [2.75, 3.05) is 13.1 Å². The van der Waals surface area contributed by atoms with Crippen molar-refractivity contribution < 1.29 is 0 Å². The second-order valence-corrected chi connectivity index (χ2v) is 5.09. The van der Waals surface area contributed by atoms with Crippen LogP contribution < -0.4 is 5.32 Å². The van der Waals surface area contributed by atoms with Crippen LogP contribution in [0.2, 0.25) is 0 Å². The van der Waals surface area contributed by atoms with E-state index in [0.29, 0.717) is 0 Å². The Balaban J connectivity index is 2.03. The second-order valence-electron chi connectivity index (χ2n) is 5.09. The second kappa shape index (κ2) is 6.55. The van der Waals surface area contributed by atoms with E-state index in [1.54, 1.807) is 0 Å². The Morgan fingerprint density at radius 3 is 2.67 bits per heavy atom. The number of fused-ring (bicyclic) bond motifs is 1. The van der Waals surface area contributed by atoms with Gasteiger partial charge in [-0.2, -0.15) is 0 Å². The molecular formula is C17H23N. The highest BCUT2D eigenvalue weighted by molar-refractivity contribution is 5.85. The van der Waals surface area contributed by atoms with Gasteiger partial charge in [0.2, 0.25) is 0 Å². The first-order valence-electron chi connectivity index (χ1n) is 6.98. The summed E-state index contributed by atoms with van der Waals surface area (Å²) in [7, 11) is 0. The minimum Gasteiger partial charge on any atom is -0.317 e. The van der Waals surface area contributed by atoms with Gasteiger partial charge in [0, 0.05) is 0 Å². The third-order valence-corrected chi connectivity index (χ3v) is 3.53. The molecule has 0 saturated heterocycles. The van der Waals surface area contributed by atoms with E-state index in [9.17, 15) is 0 Å². The maximum Gasteiger partial charge on any atom is -0.00232 e. The summed E-state index contributed by atoms with van der Waals surface area (Å²) < 4.78 is 0. The zero-order valence-corrected chi connectivity index (χ0v) is 11.4. The molecule has 1 nitrogen and oxygen atoms in total. The zero-order valence-electron chi connectivity index (χ0n) is 11.4. The number of hydrogen-bond donors (Lipinski definition) is 1. The van der Waals surface area contributed by atoms with Gasteiger partial charge in [0.1, 0.15) is 0 Å². The Morgan fingerprint density at radius 1 is 1.06 bits per heavy atom. The molecule has 0 aliphatic carbocycles. The Hall–Kier alpha value is -1.34. The molecule has 0 aliphatic heterocycles. The highest BCUT2D eigenvalue weighted by Crippen LogP contribution is 2.20. The fraction of sp³-hybridized carbons (Fsp3) is 0.412. The number of nitrogens with one attached hydrogen (secondary N) is 1. The lowest BCUT2D eigenvalue weighted by Crippen LogP contribution is -2.20. The van der Waals surface area contributed by atoms with Crippen molar-refractivity contribution in [2.24, 2.45) is 5.92 Å². The molecule has 0 spiro atoms. The standard InChI is InChI=1S/C17H23N/c1-3-18-13-14(2)11-12-16-9-6-8-15-7-4-5-10-17(15)16/h4-10,14,18H,3,11-13H2,1-2H3. The van der Waals surface area contributed by atoms with E-state index in [2.05, 4.69) is 61.6 Å². The number of aryl methyl sites for hydroxylation is 1. The first-order valence-corrected chi connectivity index (χ1v) is 6.98. The molecule has 1 unspecified atom stereocenters. The van der Waals surface area contributed by atoms with Crippen LogP contribution in [0.4, 0.5) is 0 Å². The van der Waals surface area contributed by atoms with Gasteiger partial charge >= 0.3 is 0 Å². The van der Waals surface area contributed by atoms with Crippen LogP contribution in [0.1, 0.15) is 25.8 Å². The lowest BCUT2D eigenvalue weighted by atomic mass is 9.97. The van der Waals surface area contributed by atoms with Crippen molar-refractivity contribution in [3.05, 3.63) is 48.0 Å². The van der Waals surface area contributed by atoms with Crippen LogP contribution in [0.25, 0.3) is 10.8 Å². The minimum atomic E-state index is 0.740. The molecule has 1 atom stereocenters. The smallest absolute Gasteiger partial charge is 0.00232 e. The lowest BCUT2D eigenvalue weighted by molar-refractivity contribution is 0.490. The number of hydrogen-bond acceptors (Lipinski definition) is 1. The van der Waals surface area contributed by atoms with E-state index in [1.807, 2.05) is 0 Å². The molecule has 2 aromatic rings. The van der Waals surface area contributed by atoms with Crippen molar-refractivity contribution in [1.29, 1.82) is 0 Å². The van der Waals surface area contributed by atoms with Crippen molar-refractivity contribution in [3.63, 3.8) is 0 Å². The fourth-order valence-corrected chi connectivity index (χ4v) is 2.41. The van der Waals surface area contributed by atoms with E-state index >= 15 is 0 Å². The molecule has 0 aliphatic rings. The van der Waals surface area contributed by atoms with Crippen LogP contribution in [0, 0.1) is 5.92 Å². The third-order valence-electron chi connectivity index (χ3n) is 3.53. The van der Waals surface area contributed by atoms with Gasteiger partial charge in [0.05, 0.1) is 0 Å². The minimum absolute atomic E-state index is 0.740. The van der Waals surface area contributed by atoms with E-state index in [1.165, 1.54) is 29.2 Å². The summed E-state index contributed by atoms with van der Waals surface area (Å²) in [6, 6.07) is 15.3. The first-order chi connectivity index (χ1) is 8.81. The molecular weight excluding hydrogens is 218 g/mol. The topological polar surface area (TPSA) is 12.0 Å². The summed E-state index contributed by atoms with van der Waals surface area (Å²) in [6.45, 7) is 6.69. The van der Waals surface area contributed by atoms with Gasteiger partial charge in [0.15, 0.2) is 0 Å². The molecule has 0 heterocycles. The van der Waals surface area contributed by atoms with Gasteiger partial charge in [-0.3, -0.25) is 0 Å². The van der Waals surface area contributed by atoms with E-state index in [0.717, 1.165) is 19.0 Å². The summed E-state index contributed by atoms with van der Waals surface area (Å²) in [5, 5.41) is 6.19. The largest absolute Gasteiger partial charge is 0.317 e. The average Bonchev–Trinajstić information content (AvgIpc) is 2.42. The van der Waals surface area contributed by atoms with E-state index < -0.39 is 0 Å². The molecule has 2 aromatic carbocycles. The molecule has 2 rings (SSSR count). The van der Waals surface area contributed by atoms with Crippen molar-refractivity contribution in [2.45, 2.75) is 26.7 Å². The quantitative estimate of drug-likeness (QED) is 0.805. The molecule has 18 heavy (non-hydrogen) atoms. The van der Waals surface area contributed by atoms with Gasteiger partial charge in [-0.1, -0.05) is 56.3 Å². The molecule has 0 amide bonds. The number of benzene rings is 2. The molecule has 1 heteroatoms. The molecule has 0 radical (unpaired) electrons. The van der Waals surface area contributed by atoms with Gasteiger partial charge in [-0.05, 0) is 48.2 Å². The maximum absolute atomic E-state index is 3.42. The van der Waals surface area contributed by atoms with Crippen LogP contribution in [-0.2, 0) is 6.42 Å². The van der Waals surface area contributed by atoms with Crippen molar-refractivity contribution >= 4 is 10.8 Å². The molecule has 96 valence electrons. The highest BCUT2D eigenvalue weighted by atomic mass is 14.8. The Bertz CT molecular complexity index is 484. The molecule has 0 bridgehead atoms. The molecule has 0 saturated carbocycles.